The molecule has 1 aliphatic rings. The quantitative estimate of drug-likeness (QED) is 0.828. The maximum atomic E-state index is 12.1. The Morgan fingerprint density at radius 2 is 1.95 bits per heavy atom. The molecule has 0 spiro atoms. The second-order valence-electron chi connectivity index (χ2n) is 5.66. The highest BCUT2D eigenvalue weighted by molar-refractivity contribution is 7.89. The summed E-state index contributed by atoms with van der Waals surface area (Å²) in [5.41, 5.74) is 5.70. The highest BCUT2D eigenvalue weighted by Crippen LogP contribution is 2.39. The highest BCUT2D eigenvalue weighted by atomic mass is 32.2. The van der Waals surface area contributed by atoms with Crippen LogP contribution in [0.4, 0.5) is 0 Å². The molecule has 0 saturated heterocycles. The van der Waals surface area contributed by atoms with Crippen LogP contribution in [0.25, 0.3) is 0 Å². The van der Waals surface area contributed by atoms with Crippen LogP contribution >= 0.6 is 0 Å². The molecule has 0 amide bonds. The van der Waals surface area contributed by atoms with Gasteiger partial charge in [0.15, 0.2) is 0 Å². The van der Waals surface area contributed by atoms with Crippen LogP contribution in [0.3, 0.4) is 0 Å². The topological polar surface area (TPSA) is 92.9 Å². The van der Waals surface area contributed by atoms with E-state index >= 15 is 0 Å². The van der Waals surface area contributed by atoms with Gasteiger partial charge in [-0.05, 0) is 32.0 Å². The van der Waals surface area contributed by atoms with Gasteiger partial charge in [0.25, 0.3) is 0 Å². The molecule has 3 N–H and O–H groups in total. The fourth-order valence-corrected chi connectivity index (χ4v) is 3.14. The molecule has 2 atom stereocenters. The number of aliphatic hydroxyl groups is 1. The number of benzene rings is 1. The highest BCUT2D eigenvalue weighted by Gasteiger charge is 2.41. The van der Waals surface area contributed by atoms with E-state index in [1.807, 2.05) is 0 Å². The molecular formula is C13H20N2O4S. The van der Waals surface area contributed by atoms with E-state index in [-0.39, 0.29) is 4.90 Å². The Labute approximate surface area is 119 Å². The number of ether oxygens (including phenoxy) is 1. The predicted molar refractivity (Wildman–Crippen MR) is 75.0 cm³/mol. The molecule has 0 radical (unpaired) electrons. The zero-order valence-corrected chi connectivity index (χ0v) is 12.8. The van der Waals surface area contributed by atoms with Crippen molar-refractivity contribution in [3.05, 3.63) is 23.8 Å². The molecule has 2 unspecified atom stereocenters. The van der Waals surface area contributed by atoms with Crippen LogP contribution in [0, 0.1) is 0 Å². The number of sulfonamides is 1. The third-order valence-electron chi connectivity index (χ3n) is 3.54. The van der Waals surface area contributed by atoms with Gasteiger partial charge in [0.2, 0.25) is 10.0 Å². The Morgan fingerprint density at radius 1 is 1.35 bits per heavy atom. The van der Waals surface area contributed by atoms with Crippen molar-refractivity contribution in [2.75, 3.05) is 14.1 Å². The Balaban J connectivity index is 2.54. The van der Waals surface area contributed by atoms with Gasteiger partial charge in [-0.1, -0.05) is 0 Å². The van der Waals surface area contributed by atoms with Crippen molar-refractivity contribution in [3.8, 4) is 5.75 Å². The SMILES string of the molecule is CN(C)S(=O)(=O)c1ccc2c(c1)C(N)C(O)C(C)(C)O2. The maximum absolute atomic E-state index is 12.1. The molecule has 112 valence electrons. The smallest absolute Gasteiger partial charge is 0.242 e. The molecule has 1 aromatic carbocycles. The van der Waals surface area contributed by atoms with Crippen molar-refractivity contribution < 1.29 is 18.3 Å². The minimum Gasteiger partial charge on any atom is -0.485 e. The van der Waals surface area contributed by atoms with Gasteiger partial charge in [0.05, 0.1) is 10.9 Å². The molecule has 0 aromatic heterocycles. The predicted octanol–water partition coefficient (Wildman–Crippen LogP) is 0.469. The van der Waals surface area contributed by atoms with Gasteiger partial charge in [-0.25, -0.2) is 12.7 Å². The molecule has 7 heteroatoms. The van der Waals surface area contributed by atoms with Crippen molar-refractivity contribution in [3.63, 3.8) is 0 Å². The van der Waals surface area contributed by atoms with Gasteiger partial charge in [-0.2, -0.15) is 0 Å². The number of rotatable bonds is 2. The van der Waals surface area contributed by atoms with E-state index < -0.39 is 27.8 Å². The summed E-state index contributed by atoms with van der Waals surface area (Å²) in [7, 11) is -0.616. The lowest BCUT2D eigenvalue weighted by molar-refractivity contribution is -0.0572. The van der Waals surface area contributed by atoms with Gasteiger partial charge in [-0.15, -0.1) is 0 Å². The van der Waals surface area contributed by atoms with Crippen LogP contribution in [0.2, 0.25) is 0 Å². The summed E-state index contributed by atoms with van der Waals surface area (Å²) >= 11 is 0. The van der Waals surface area contributed by atoms with E-state index in [0.29, 0.717) is 11.3 Å². The lowest BCUT2D eigenvalue weighted by atomic mass is 9.87. The molecule has 0 saturated carbocycles. The van der Waals surface area contributed by atoms with Crippen molar-refractivity contribution >= 4 is 10.0 Å². The standard InChI is InChI=1S/C13H20N2O4S/c1-13(2)12(16)11(14)9-7-8(5-6-10(9)19-13)20(17,18)15(3)4/h5-7,11-12,16H,14H2,1-4H3. The Bertz CT molecular complexity index is 625. The summed E-state index contributed by atoms with van der Waals surface area (Å²) < 4.78 is 31.1. The zero-order valence-electron chi connectivity index (χ0n) is 12.0. The molecule has 1 aliphatic heterocycles. The number of nitrogens with two attached hydrogens (primary N) is 1. The Hall–Kier alpha value is -1.15. The molecule has 6 nitrogen and oxygen atoms in total. The average Bonchev–Trinajstić information content (AvgIpc) is 2.35. The lowest BCUT2D eigenvalue weighted by Gasteiger charge is -2.40. The second kappa shape index (κ2) is 4.70. The number of fused-ring (bicyclic) bond motifs is 1. The largest absolute Gasteiger partial charge is 0.485 e. The first-order valence-corrected chi connectivity index (χ1v) is 7.70. The van der Waals surface area contributed by atoms with Gasteiger partial charge in [0.1, 0.15) is 17.5 Å². The van der Waals surface area contributed by atoms with Crippen molar-refractivity contribution in [2.24, 2.45) is 5.73 Å². The van der Waals surface area contributed by atoms with E-state index in [0.717, 1.165) is 4.31 Å². The third-order valence-corrected chi connectivity index (χ3v) is 5.36. The van der Waals surface area contributed by atoms with E-state index in [1.54, 1.807) is 19.9 Å². The van der Waals surface area contributed by atoms with Crippen LogP contribution in [0.15, 0.2) is 23.1 Å². The molecular weight excluding hydrogens is 280 g/mol. The molecule has 20 heavy (non-hydrogen) atoms. The van der Waals surface area contributed by atoms with Crippen LogP contribution in [-0.2, 0) is 10.0 Å². The normalized spacial score (nSPS) is 25.1. The molecule has 1 heterocycles. The summed E-state index contributed by atoms with van der Waals surface area (Å²) in [6.45, 7) is 3.48. The summed E-state index contributed by atoms with van der Waals surface area (Å²) in [6, 6.07) is 3.84. The number of nitrogens with zero attached hydrogens (tertiary/aromatic N) is 1. The van der Waals surface area contributed by atoms with Crippen molar-refractivity contribution in [1.29, 1.82) is 0 Å². The van der Waals surface area contributed by atoms with Crippen LogP contribution in [-0.4, -0.2) is 43.6 Å². The minimum absolute atomic E-state index is 0.132. The van der Waals surface area contributed by atoms with E-state index in [9.17, 15) is 13.5 Å². The number of aliphatic hydroxyl groups excluding tert-OH is 1. The fourth-order valence-electron chi connectivity index (χ4n) is 2.20. The Kier molecular flexibility index (Phi) is 3.58. The van der Waals surface area contributed by atoms with E-state index in [1.165, 1.54) is 26.2 Å². The monoisotopic (exact) mass is 300 g/mol. The van der Waals surface area contributed by atoms with Gasteiger partial charge >= 0.3 is 0 Å². The number of hydrogen-bond acceptors (Lipinski definition) is 5. The fraction of sp³-hybridized carbons (Fsp3) is 0.538. The van der Waals surface area contributed by atoms with Gasteiger partial charge in [-0.3, -0.25) is 0 Å². The summed E-state index contributed by atoms with van der Waals surface area (Å²) in [4.78, 5) is 0.132. The maximum Gasteiger partial charge on any atom is 0.242 e. The Morgan fingerprint density at radius 3 is 2.50 bits per heavy atom. The van der Waals surface area contributed by atoms with Crippen LogP contribution in [0.1, 0.15) is 25.5 Å². The van der Waals surface area contributed by atoms with E-state index in [2.05, 4.69) is 0 Å². The van der Waals surface area contributed by atoms with Gasteiger partial charge < -0.3 is 15.6 Å². The zero-order chi connectivity index (χ0) is 15.3. The molecule has 0 bridgehead atoms. The first kappa shape index (κ1) is 15.2. The molecule has 1 aromatic rings. The van der Waals surface area contributed by atoms with Crippen molar-refractivity contribution in [2.45, 2.75) is 36.5 Å². The number of hydrogen-bond donors (Lipinski definition) is 2. The minimum atomic E-state index is -3.54. The first-order valence-electron chi connectivity index (χ1n) is 6.26. The molecule has 0 fully saturated rings. The average molecular weight is 300 g/mol. The first-order chi connectivity index (χ1) is 9.07. The molecule has 0 aliphatic carbocycles. The summed E-state index contributed by atoms with van der Waals surface area (Å²) in [6.07, 6.45) is -0.910. The third kappa shape index (κ3) is 2.31. The van der Waals surface area contributed by atoms with Gasteiger partial charge in [0, 0.05) is 19.7 Å². The lowest BCUT2D eigenvalue weighted by Crippen LogP contribution is -2.51. The second-order valence-corrected chi connectivity index (χ2v) is 7.82. The molecule has 2 rings (SSSR count). The van der Waals surface area contributed by atoms with Crippen LogP contribution in [0.5, 0.6) is 5.75 Å². The van der Waals surface area contributed by atoms with Crippen molar-refractivity contribution in [1.82, 2.24) is 4.31 Å². The summed E-state index contributed by atoms with van der Waals surface area (Å²) in [5, 5.41) is 10.1. The van der Waals surface area contributed by atoms with Crippen LogP contribution < -0.4 is 10.5 Å². The van der Waals surface area contributed by atoms with E-state index in [4.69, 9.17) is 10.5 Å². The summed E-state index contributed by atoms with van der Waals surface area (Å²) in [5.74, 6) is 0.505.